The summed E-state index contributed by atoms with van der Waals surface area (Å²) in [6, 6.07) is 9.75. The van der Waals surface area contributed by atoms with E-state index in [1.165, 1.54) is 24.5 Å². The zero-order chi connectivity index (χ0) is 23.8. The first kappa shape index (κ1) is 22.6. The van der Waals surface area contributed by atoms with E-state index < -0.39 is 37.3 Å². The normalized spacial score (nSPS) is 26.8. The van der Waals surface area contributed by atoms with Crippen LogP contribution in [0.3, 0.4) is 0 Å². The van der Waals surface area contributed by atoms with Gasteiger partial charge in [-0.15, -0.1) is 0 Å². The molecule has 2 aliphatic rings. The Kier molecular flexibility index (Phi) is 6.15. The van der Waals surface area contributed by atoms with Crippen LogP contribution in [0.4, 0.5) is 0 Å². The van der Waals surface area contributed by atoms with Crippen LogP contribution in [-0.2, 0) is 4.74 Å². The lowest BCUT2D eigenvalue weighted by Crippen LogP contribution is -2.60. The van der Waals surface area contributed by atoms with Gasteiger partial charge in [0.15, 0.2) is 16.9 Å². The van der Waals surface area contributed by atoms with Crippen molar-refractivity contribution in [3.05, 3.63) is 52.9 Å². The molecule has 180 valence electrons. The van der Waals surface area contributed by atoms with Gasteiger partial charge in [0.05, 0.1) is 30.8 Å². The van der Waals surface area contributed by atoms with Gasteiger partial charge in [-0.1, -0.05) is 6.07 Å². The first-order valence-electron chi connectivity index (χ1n) is 10.9. The highest BCUT2D eigenvalue weighted by atomic mass is 16.7. The van der Waals surface area contributed by atoms with Crippen LogP contribution < -0.4 is 19.6 Å². The number of fused-ring (bicyclic) bond motifs is 2. The predicted octanol–water partition coefficient (Wildman–Crippen LogP) is 0.800. The highest BCUT2D eigenvalue weighted by Gasteiger charge is 2.44. The Labute approximate surface area is 193 Å². The number of rotatable bonds is 4. The first-order chi connectivity index (χ1) is 16.5. The largest absolute Gasteiger partial charge is 0.490 e. The Balaban J connectivity index is 1.42. The summed E-state index contributed by atoms with van der Waals surface area (Å²) in [6.45, 7) is 0.526. The lowest BCUT2D eigenvalue weighted by molar-refractivity contribution is -0.277. The summed E-state index contributed by atoms with van der Waals surface area (Å²) in [5, 5.41) is 39.6. The predicted molar refractivity (Wildman–Crippen MR) is 118 cm³/mol. The summed E-state index contributed by atoms with van der Waals surface area (Å²) >= 11 is 0. The highest BCUT2D eigenvalue weighted by Crippen LogP contribution is 2.34. The molecule has 1 aromatic heterocycles. The molecule has 5 atom stereocenters. The van der Waals surface area contributed by atoms with Crippen molar-refractivity contribution in [3.63, 3.8) is 0 Å². The molecule has 0 radical (unpaired) electrons. The fraction of sp³-hybridized carbons (Fsp3) is 0.375. The number of aliphatic hydroxyl groups excluding tert-OH is 4. The number of hydrogen-bond acceptors (Lipinski definition) is 10. The van der Waals surface area contributed by atoms with Crippen LogP contribution in [0, 0.1) is 0 Å². The van der Waals surface area contributed by atoms with E-state index in [4.69, 9.17) is 23.4 Å². The second kappa shape index (κ2) is 9.24. The second-order valence-electron chi connectivity index (χ2n) is 8.16. The van der Waals surface area contributed by atoms with Crippen LogP contribution in [0.2, 0.25) is 0 Å². The molecule has 2 aromatic carbocycles. The molecule has 5 rings (SSSR count). The van der Waals surface area contributed by atoms with Crippen LogP contribution >= 0.6 is 0 Å². The Hall–Kier alpha value is -3.15. The molecule has 1 fully saturated rings. The van der Waals surface area contributed by atoms with Gasteiger partial charge in [0.25, 0.3) is 0 Å². The van der Waals surface area contributed by atoms with Crippen LogP contribution in [0.25, 0.3) is 22.1 Å². The maximum atomic E-state index is 13.2. The lowest BCUT2D eigenvalue weighted by Gasteiger charge is -2.39. The van der Waals surface area contributed by atoms with Gasteiger partial charge in [0.1, 0.15) is 42.0 Å². The van der Waals surface area contributed by atoms with Gasteiger partial charge in [-0.25, -0.2) is 0 Å². The zero-order valence-electron chi connectivity index (χ0n) is 18.0. The summed E-state index contributed by atoms with van der Waals surface area (Å²) in [4.78, 5) is 13.2. The molecule has 0 amide bonds. The molecule has 1 saturated heterocycles. The van der Waals surface area contributed by atoms with E-state index in [1.807, 2.05) is 0 Å². The molecule has 0 spiro atoms. The molecule has 3 heterocycles. The molecule has 0 aliphatic carbocycles. The quantitative estimate of drug-likeness (QED) is 0.430. The molecular weight excluding hydrogens is 448 g/mol. The zero-order valence-corrected chi connectivity index (χ0v) is 18.0. The number of hydrogen-bond donors (Lipinski definition) is 4. The van der Waals surface area contributed by atoms with Crippen molar-refractivity contribution in [2.24, 2.45) is 0 Å². The smallest absolute Gasteiger partial charge is 0.229 e. The van der Waals surface area contributed by atoms with Crippen LogP contribution in [0.5, 0.6) is 17.2 Å². The van der Waals surface area contributed by atoms with E-state index >= 15 is 0 Å². The van der Waals surface area contributed by atoms with E-state index in [9.17, 15) is 25.2 Å². The molecule has 3 aromatic rings. The number of benzene rings is 2. The number of ether oxygens (including phenoxy) is 4. The minimum atomic E-state index is -1.56. The van der Waals surface area contributed by atoms with Crippen LogP contribution in [-0.4, -0.2) is 71.0 Å². The molecule has 10 heteroatoms. The molecule has 34 heavy (non-hydrogen) atoms. The van der Waals surface area contributed by atoms with Crippen molar-refractivity contribution < 1.29 is 43.8 Å². The van der Waals surface area contributed by atoms with Crippen LogP contribution in [0.1, 0.15) is 6.42 Å². The third-order valence-corrected chi connectivity index (χ3v) is 5.91. The molecule has 4 N–H and O–H groups in total. The van der Waals surface area contributed by atoms with E-state index in [2.05, 4.69) is 0 Å². The third kappa shape index (κ3) is 4.10. The van der Waals surface area contributed by atoms with E-state index in [-0.39, 0.29) is 16.8 Å². The molecule has 0 saturated carbocycles. The second-order valence-corrected chi connectivity index (χ2v) is 8.16. The summed E-state index contributed by atoms with van der Waals surface area (Å²) in [6.07, 6.45) is -4.93. The van der Waals surface area contributed by atoms with Gasteiger partial charge in [-0.3, -0.25) is 4.79 Å². The summed E-state index contributed by atoms with van der Waals surface area (Å²) in [5.41, 5.74) is 0.965. The van der Waals surface area contributed by atoms with Gasteiger partial charge in [-0.2, -0.15) is 0 Å². The topological polar surface area (TPSA) is 148 Å². The van der Waals surface area contributed by atoms with Gasteiger partial charge >= 0.3 is 0 Å². The summed E-state index contributed by atoms with van der Waals surface area (Å²) < 4.78 is 28.0. The average molecular weight is 472 g/mol. The van der Waals surface area contributed by atoms with E-state index in [0.717, 1.165) is 6.42 Å². The standard InChI is InChI=1S/C24H24O10/c25-10-19-21(27)22(28)23(29)24(34-19)33-13-3-4-14-17(9-13)32-11-15(20(14)26)12-2-5-16-18(8-12)31-7-1-6-30-16/h2-5,8-9,11,19,21-25,27-29H,1,6-7,10H2/t19?,21-,22?,23?,24+/m1/s1. The minimum Gasteiger partial charge on any atom is -0.490 e. The van der Waals surface area contributed by atoms with Gasteiger partial charge in [-0.05, 0) is 29.8 Å². The summed E-state index contributed by atoms with van der Waals surface area (Å²) in [7, 11) is 0. The minimum absolute atomic E-state index is 0.198. The van der Waals surface area contributed by atoms with Gasteiger partial charge in [0.2, 0.25) is 6.29 Å². The van der Waals surface area contributed by atoms with Crippen molar-refractivity contribution >= 4 is 11.0 Å². The SMILES string of the molecule is O=c1c(-c2ccc3c(c2)OCCCO3)coc2cc(O[C@H]3OC(CO)[C@@H](O)C(O)C3O)ccc12. The van der Waals surface area contributed by atoms with Gasteiger partial charge < -0.3 is 43.8 Å². The molecule has 3 unspecified atom stereocenters. The van der Waals surface area contributed by atoms with E-state index in [0.29, 0.717) is 41.2 Å². The van der Waals surface area contributed by atoms with Gasteiger partial charge in [0, 0.05) is 12.5 Å². The number of aliphatic hydroxyl groups is 4. The van der Waals surface area contributed by atoms with E-state index in [1.54, 1.807) is 18.2 Å². The van der Waals surface area contributed by atoms with Crippen molar-refractivity contribution in [2.45, 2.75) is 37.1 Å². The molecule has 10 nitrogen and oxygen atoms in total. The Morgan fingerprint density at radius 1 is 0.941 bits per heavy atom. The Morgan fingerprint density at radius 2 is 1.74 bits per heavy atom. The van der Waals surface area contributed by atoms with Crippen molar-refractivity contribution in [1.82, 2.24) is 0 Å². The fourth-order valence-corrected chi connectivity index (χ4v) is 4.01. The third-order valence-electron chi connectivity index (χ3n) is 5.91. The maximum absolute atomic E-state index is 13.2. The molecule has 0 bridgehead atoms. The molecule has 2 aliphatic heterocycles. The Morgan fingerprint density at radius 3 is 2.53 bits per heavy atom. The van der Waals surface area contributed by atoms with Crippen LogP contribution in [0.15, 0.2) is 51.9 Å². The fourth-order valence-electron chi connectivity index (χ4n) is 4.01. The highest BCUT2D eigenvalue weighted by molar-refractivity contribution is 5.83. The van der Waals surface area contributed by atoms with Crippen molar-refractivity contribution in [3.8, 4) is 28.4 Å². The Bertz CT molecular complexity index is 1240. The van der Waals surface area contributed by atoms with Crippen molar-refractivity contribution in [1.29, 1.82) is 0 Å². The first-order valence-corrected chi connectivity index (χ1v) is 10.9. The average Bonchev–Trinajstić information content (AvgIpc) is 3.09. The maximum Gasteiger partial charge on any atom is 0.229 e. The molecular formula is C24H24O10. The monoisotopic (exact) mass is 472 g/mol. The lowest BCUT2D eigenvalue weighted by atomic mass is 9.99. The summed E-state index contributed by atoms with van der Waals surface area (Å²) in [5.74, 6) is 1.39. The van der Waals surface area contributed by atoms with Crippen molar-refractivity contribution in [2.75, 3.05) is 19.8 Å².